The molecule has 20 heavy (non-hydrogen) atoms. The minimum Gasteiger partial charge on any atom is -0.396 e. The van der Waals surface area contributed by atoms with Gasteiger partial charge in [0.05, 0.1) is 5.69 Å². The summed E-state index contributed by atoms with van der Waals surface area (Å²) in [6, 6.07) is 1.28. The molecule has 1 aromatic carbocycles. The topological polar surface area (TPSA) is 72.6 Å². The molecule has 0 bridgehead atoms. The summed E-state index contributed by atoms with van der Waals surface area (Å²) < 4.78 is 31.6. The van der Waals surface area contributed by atoms with Crippen LogP contribution in [0.15, 0.2) is 12.1 Å². The van der Waals surface area contributed by atoms with E-state index >= 15 is 0 Å². The fourth-order valence-electron chi connectivity index (χ4n) is 2.17. The number of carbonyl (C=O) groups excluding carboxylic acids is 2. The number of ether oxygens (including phenoxy) is 1. The minimum atomic E-state index is -1.36. The average Bonchev–Trinajstić information content (AvgIpc) is 2.80. The molecule has 0 radical (unpaired) electrons. The van der Waals surface area contributed by atoms with Crippen LogP contribution in [0.1, 0.15) is 23.2 Å². The Balaban J connectivity index is 2.17. The number of carbonyl (C=O) groups is 2. The molecule has 1 atom stereocenters. The third kappa shape index (κ3) is 2.62. The van der Waals surface area contributed by atoms with Gasteiger partial charge in [-0.3, -0.25) is 4.90 Å². The number of nitrogens with zero attached hydrogens (tertiary/aromatic N) is 1. The number of halogens is 2. The summed E-state index contributed by atoms with van der Waals surface area (Å²) in [6.07, 6.45) is 1.34. The van der Waals surface area contributed by atoms with E-state index in [2.05, 4.69) is 4.74 Å². The Hall–Kier alpha value is -2.02. The molecule has 1 saturated heterocycles. The summed E-state index contributed by atoms with van der Waals surface area (Å²) in [5.74, 6) is -4.51. The summed E-state index contributed by atoms with van der Waals surface area (Å²) in [4.78, 5) is 25.2. The number of nitrogens with two attached hydrogens (primary N) is 1. The van der Waals surface area contributed by atoms with Crippen LogP contribution in [0.2, 0.25) is 0 Å². The molecular weight excluding hydrogens is 270 g/mol. The maximum atomic E-state index is 13.6. The van der Waals surface area contributed by atoms with Crippen molar-refractivity contribution in [3.8, 4) is 0 Å². The molecule has 0 aromatic heterocycles. The van der Waals surface area contributed by atoms with Crippen LogP contribution in [0.25, 0.3) is 0 Å². The van der Waals surface area contributed by atoms with Crippen LogP contribution in [-0.2, 0) is 9.53 Å². The highest BCUT2D eigenvalue weighted by molar-refractivity contribution is 5.99. The fourth-order valence-corrected chi connectivity index (χ4v) is 2.17. The molecule has 1 heterocycles. The van der Waals surface area contributed by atoms with Gasteiger partial charge in [0.2, 0.25) is 0 Å². The zero-order valence-corrected chi connectivity index (χ0v) is 10.9. The minimum absolute atomic E-state index is 0.385. The van der Waals surface area contributed by atoms with Crippen LogP contribution >= 0.6 is 0 Å². The van der Waals surface area contributed by atoms with Gasteiger partial charge in [0.1, 0.15) is 17.4 Å². The SMILES string of the molecule is CN1CCC[C@H]1C(=O)OC(=O)c1c(F)ccc(N)c1F. The molecule has 0 aliphatic carbocycles. The first-order chi connectivity index (χ1) is 9.41. The number of anilines is 1. The second-order valence-corrected chi connectivity index (χ2v) is 4.67. The number of hydrogen-bond acceptors (Lipinski definition) is 5. The highest BCUT2D eigenvalue weighted by atomic mass is 19.1. The lowest BCUT2D eigenvalue weighted by Crippen LogP contribution is -2.35. The van der Waals surface area contributed by atoms with Crippen LogP contribution in [0, 0.1) is 11.6 Å². The van der Waals surface area contributed by atoms with Crippen LogP contribution in [0.3, 0.4) is 0 Å². The second kappa shape index (κ2) is 5.54. The highest BCUT2D eigenvalue weighted by Gasteiger charge is 2.32. The van der Waals surface area contributed by atoms with Crippen molar-refractivity contribution in [2.75, 3.05) is 19.3 Å². The van der Waals surface area contributed by atoms with Gasteiger partial charge in [-0.25, -0.2) is 18.4 Å². The molecule has 0 amide bonds. The summed E-state index contributed by atoms with van der Waals surface area (Å²) in [5, 5.41) is 0. The van der Waals surface area contributed by atoms with E-state index < -0.39 is 35.2 Å². The molecule has 5 nitrogen and oxygen atoms in total. The maximum absolute atomic E-state index is 13.6. The first-order valence-corrected chi connectivity index (χ1v) is 6.11. The van der Waals surface area contributed by atoms with Gasteiger partial charge < -0.3 is 10.5 Å². The van der Waals surface area contributed by atoms with Gasteiger partial charge >= 0.3 is 11.9 Å². The number of esters is 2. The van der Waals surface area contributed by atoms with Crippen LogP contribution in [-0.4, -0.2) is 36.5 Å². The molecule has 1 aliphatic heterocycles. The van der Waals surface area contributed by atoms with Gasteiger partial charge in [0, 0.05) is 0 Å². The first-order valence-electron chi connectivity index (χ1n) is 6.11. The van der Waals surface area contributed by atoms with Gasteiger partial charge in [-0.1, -0.05) is 0 Å². The maximum Gasteiger partial charge on any atom is 0.351 e. The summed E-state index contributed by atoms with van der Waals surface area (Å²) in [5.41, 5.74) is 3.93. The molecule has 0 saturated carbocycles. The van der Waals surface area contributed by atoms with Gasteiger partial charge in [-0.15, -0.1) is 0 Å². The highest BCUT2D eigenvalue weighted by Crippen LogP contribution is 2.21. The van der Waals surface area contributed by atoms with Crippen molar-refractivity contribution in [1.29, 1.82) is 0 Å². The monoisotopic (exact) mass is 284 g/mol. The van der Waals surface area contributed by atoms with Crippen molar-refractivity contribution in [3.05, 3.63) is 29.3 Å². The van der Waals surface area contributed by atoms with E-state index in [0.717, 1.165) is 18.6 Å². The van der Waals surface area contributed by atoms with E-state index in [1.807, 2.05) is 0 Å². The van der Waals surface area contributed by atoms with Crippen molar-refractivity contribution in [2.24, 2.45) is 0 Å². The van der Waals surface area contributed by atoms with E-state index in [0.29, 0.717) is 13.0 Å². The van der Waals surface area contributed by atoms with Crippen LogP contribution in [0.5, 0.6) is 0 Å². The molecule has 0 spiro atoms. The Morgan fingerprint density at radius 3 is 2.70 bits per heavy atom. The number of benzene rings is 1. The molecule has 0 unspecified atom stereocenters. The largest absolute Gasteiger partial charge is 0.396 e. The molecule has 2 N–H and O–H groups in total. The van der Waals surface area contributed by atoms with Gasteiger partial charge in [0.15, 0.2) is 5.82 Å². The summed E-state index contributed by atoms with van der Waals surface area (Å²) in [6.45, 7) is 0.703. The van der Waals surface area contributed by atoms with Crippen molar-refractivity contribution in [1.82, 2.24) is 4.90 Å². The van der Waals surface area contributed by atoms with E-state index in [-0.39, 0.29) is 5.69 Å². The number of rotatable bonds is 2. The number of nitrogen functional groups attached to an aromatic ring is 1. The first kappa shape index (κ1) is 14.4. The van der Waals surface area contributed by atoms with Gasteiger partial charge in [0.25, 0.3) is 0 Å². The van der Waals surface area contributed by atoms with E-state index in [1.165, 1.54) is 0 Å². The number of hydrogen-bond donors (Lipinski definition) is 1. The Morgan fingerprint density at radius 1 is 1.40 bits per heavy atom. The third-order valence-electron chi connectivity index (χ3n) is 3.31. The Bertz CT molecular complexity index is 563. The molecular formula is C13H14F2N2O3. The lowest BCUT2D eigenvalue weighted by molar-refractivity contribution is -0.142. The predicted octanol–water partition coefficient (Wildman–Crippen LogP) is 1.32. The molecule has 1 aromatic rings. The zero-order chi connectivity index (χ0) is 14.9. The smallest absolute Gasteiger partial charge is 0.351 e. The lowest BCUT2D eigenvalue weighted by atomic mass is 10.1. The predicted molar refractivity (Wildman–Crippen MR) is 66.8 cm³/mol. The second-order valence-electron chi connectivity index (χ2n) is 4.67. The summed E-state index contributed by atoms with van der Waals surface area (Å²) >= 11 is 0. The van der Waals surface area contributed by atoms with Gasteiger partial charge in [-0.05, 0) is 38.6 Å². The van der Waals surface area contributed by atoms with Crippen molar-refractivity contribution >= 4 is 17.6 Å². The molecule has 1 aliphatic rings. The van der Waals surface area contributed by atoms with E-state index in [4.69, 9.17) is 5.73 Å². The van der Waals surface area contributed by atoms with Crippen molar-refractivity contribution in [3.63, 3.8) is 0 Å². The van der Waals surface area contributed by atoms with Crippen LogP contribution in [0.4, 0.5) is 14.5 Å². The Kier molecular flexibility index (Phi) is 3.99. The Labute approximate surface area is 114 Å². The number of likely N-dealkylation sites (N-methyl/N-ethyl adjacent to an activating group) is 1. The van der Waals surface area contributed by atoms with Gasteiger partial charge in [-0.2, -0.15) is 0 Å². The molecule has 1 fully saturated rings. The molecule has 2 rings (SSSR count). The standard InChI is InChI=1S/C13H14F2N2O3/c1-17-6-2-3-9(17)12(18)20-13(19)10-7(14)4-5-8(16)11(10)15/h4-5,9H,2-3,6,16H2,1H3/t9-/m0/s1. The van der Waals surface area contributed by atoms with E-state index in [1.54, 1.807) is 11.9 Å². The lowest BCUT2D eigenvalue weighted by Gasteiger charge is -2.17. The summed E-state index contributed by atoms with van der Waals surface area (Å²) in [7, 11) is 1.71. The number of likely N-dealkylation sites (tertiary alicyclic amines) is 1. The van der Waals surface area contributed by atoms with Crippen LogP contribution < -0.4 is 5.73 Å². The zero-order valence-electron chi connectivity index (χ0n) is 10.9. The van der Waals surface area contributed by atoms with Crippen molar-refractivity contribution < 1.29 is 23.1 Å². The molecule has 7 heteroatoms. The normalized spacial score (nSPS) is 19.1. The quantitative estimate of drug-likeness (QED) is 0.504. The fraction of sp³-hybridized carbons (Fsp3) is 0.385. The third-order valence-corrected chi connectivity index (χ3v) is 3.31. The average molecular weight is 284 g/mol. The Morgan fingerprint density at radius 2 is 2.10 bits per heavy atom. The van der Waals surface area contributed by atoms with E-state index in [9.17, 15) is 18.4 Å². The molecule has 108 valence electrons. The van der Waals surface area contributed by atoms with Crippen molar-refractivity contribution in [2.45, 2.75) is 18.9 Å².